The molecule has 7 atom stereocenters. The van der Waals surface area contributed by atoms with Crippen LogP contribution in [-0.2, 0) is 0 Å². The summed E-state index contributed by atoms with van der Waals surface area (Å²) in [7, 11) is 0. The average molecular weight is 341 g/mol. The highest BCUT2D eigenvalue weighted by Crippen LogP contribution is 2.67. The van der Waals surface area contributed by atoms with Crippen molar-refractivity contribution in [3.63, 3.8) is 0 Å². The molecule has 5 rings (SSSR count). The van der Waals surface area contributed by atoms with Gasteiger partial charge in [-0.1, -0.05) is 25.5 Å². The molecule has 3 saturated carbocycles. The lowest BCUT2D eigenvalue weighted by molar-refractivity contribution is -0.0487. The Morgan fingerprint density at radius 2 is 2.00 bits per heavy atom. The predicted octanol–water partition coefficient (Wildman–Crippen LogP) is 4.75. The second kappa shape index (κ2) is 5.45. The van der Waals surface area contributed by atoms with Gasteiger partial charge in [-0.05, 0) is 86.0 Å². The molecule has 3 fully saturated rings. The zero-order valence-electron chi connectivity index (χ0n) is 15.7. The standard InChI is InChI=1S/C22H32N2O/c1-21-10-8-16(25)14-15(21)4-5-17-18-6-7-20(24-13-3-12-23-24)22(18,2)11-9-19(17)21/h3-4,12-13,16-20,25H,5-11,14H2,1-2H3/t16-,17-,18-,19-,20+,21-,22-/m0/s1. The van der Waals surface area contributed by atoms with E-state index in [4.69, 9.17) is 0 Å². The minimum Gasteiger partial charge on any atom is -0.393 e. The highest BCUT2D eigenvalue weighted by Gasteiger charge is 2.59. The van der Waals surface area contributed by atoms with Gasteiger partial charge in [-0.2, -0.15) is 5.10 Å². The fraction of sp³-hybridized carbons (Fsp3) is 0.773. The van der Waals surface area contributed by atoms with Gasteiger partial charge in [0.15, 0.2) is 0 Å². The Labute approximate surface area is 151 Å². The number of aromatic nitrogens is 2. The lowest BCUT2D eigenvalue weighted by Crippen LogP contribution is -2.50. The molecular weight excluding hydrogens is 308 g/mol. The molecule has 1 N–H and O–H groups in total. The summed E-state index contributed by atoms with van der Waals surface area (Å²) < 4.78 is 2.25. The molecule has 0 spiro atoms. The minimum absolute atomic E-state index is 0.0968. The Hall–Kier alpha value is -1.09. The lowest BCUT2D eigenvalue weighted by Gasteiger charge is -2.57. The summed E-state index contributed by atoms with van der Waals surface area (Å²) in [6.07, 6.45) is 16.3. The monoisotopic (exact) mass is 340 g/mol. The molecule has 0 bridgehead atoms. The van der Waals surface area contributed by atoms with E-state index in [0.717, 1.165) is 30.6 Å². The van der Waals surface area contributed by atoms with E-state index in [1.54, 1.807) is 5.57 Å². The summed E-state index contributed by atoms with van der Waals surface area (Å²) in [5.41, 5.74) is 2.34. The topological polar surface area (TPSA) is 38.0 Å². The molecule has 4 aliphatic rings. The fourth-order valence-corrected chi connectivity index (χ4v) is 7.51. The average Bonchev–Trinajstić information content (AvgIpc) is 3.22. The Bertz CT molecular complexity index is 680. The molecular formula is C22H32N2O. The summed E-state index contributed by atoms with van der Waals surface area (Å²) in [5, 5.41) is 14.7. The summed E-state index contributed by atoms with van der Waals surface area (Å²) in [6.45, 7) is 5.07. The van der Waals surface area contributed by atoms with Gasteiger partial charge in [-0.3, -0.25) is 4.68 Å². The van der Waals surface area contributed by atoms with E-state index in [1.807, 2.05) is 6.20 Å². The van der Waals surface area contributed by atoms with Crippen LogP contribution in [0.4, 0.5) is 0 Å². The maximum absolute atomic E-state index is 10.1. The van der Waals surface area contributed by atoms with E-state index >= 15 is 0 Å². The number of allylic oxidation sites excluding steroid dienone is 1. The Kier molecular flexibility index (Phi) is 3.51. The van der Waals surface area contributed by atoms with Crippen LogP contribution in [0.1, 0.15) is 71.3 Å². The van der Waals surface area contributed by atoms with Crippen LogP contribution in [0.15, 0.2) is 30.1 Å². The van der Waals surface area contributed by atoms with Gasteiger partial charge in [-0.25, -0.2) is 0 Å². The first-order chi connectivity index (χ1) is 12.0. The van der Waals surface area contributed by atoms with Gasteiger partial charge in [0.2, 0.25) is 0 Å². The molecule has 25 heavy (non-hydrogen) atoms. The van der Waals surface area contributed by atoms with Crippen LogP contribution in [0.3, 0.4) is 0 Å². The zero-order chi connectivity index (χ0) is 17.2. The summed E-state index contributed by atoms with van der Waals surface area (Å²) in [4.78, 5) is 0. The number of hydrogen-bond donors (Lipinski definition) is 1. The quantitative estimate of drug-likeness (QED) is 0.749. The first-order valence-electron chi connectivity index (χ1n) is 10.4. The molecule has 1 aromatic heterocycles. The highest BCUT2D eigenvalue weighted by molar-refractivity contribution is 5.25. The Balaban J connectivity index is 1.47. The molecule has 0 radical (unpaired) electrons. The van der Waals surface area contributed by atoms with Crippen LogP contribution in [0, 0.1) is 28.6 Å². The molecule has 3 nitrogen and oxygen atoms in total. The third kappa shape index (κ3) is 2.17. The van der Waals surface area contributed by atoms with Crippen molar-refractivity contribution in [3.8, 4) is 0 Å². The van der Waals surface area contributed by atoms with Crippen molar-refractivity contribution >= 4 is 0 Å². The van der Waals surface area contributed by atoms with Crippen molar-refractivity contribution in [2.24, 2.45) is 28.6 Å². The lowest BCUT2D eigenvalue weighted by atomic mass is 9.48. The second-order valence-corrected chi connectivity index (χ2v) is 9.78. The maximum atomic E-state index is 10.1. The third-order valence-electron chi connectivity index (χ3n) is 8.87. The molecule has 4 aliphatic carbocycles. The predicted molar refractivity (Wildman–Crippen MR) is 99.0 cm³/mol. The summed E-state index contributed by atoms with van der Waals surface area (Å²) >= 11 is 0. The first kappa shape index (κ1) is 16.1. The van der Waals surface area contributed by atoms with Crippen molar-refractivity contribution in [1.29, 1.82) is 0 Å². The van der Waals surface area contributed by atoms with Gasteiger partial charge in [0.25, 0.3) is 0 Å². The number of hydrogen-bond acceptors (Lipinski definition) is 2. The molecule has 0 saturated heterocycles. The van der Waals surface area contributed by atoms with Crippen molar-refractivity contribution in [2.75, 3.05) is 0 Å². The second-order valence-electron chi connectivity index (χ2n) is 9.78. The number of aliphatic hydroxyl groups excluding tert-OH is 1. The molecule has 0 amide bonds. The summed E-state index contributed by atoms with van der Waals surface area (Å²) in [5.74, 6) is 2.50. The van der Waals surface area contributed by atoms with Gasteiger partial charge in [0, 0.05) is 12.4 Å². The largest absolute Gasteiger partial charge is 0.393 e. The third-order valence-corrected chi connectivity index (χ3v) is 8.87. The Morgan fingerprint density at radius 3 is 2.80 bits per heavy atom. The molecule has 3 heteroatoms. The molecule has 1 aromatic rings. The van der Waals surface area contributed by atoms with E-state index in [0.29, 0.717) is 16.9 Å². The minimum atomic E-state index is -0.0968. The van der Waals surface area contributed by atoms with Gasteiger partial charge >= 0.3 is 0 Å². The number of rotatable bonds is 1. The first-order valence-corrected chi connectivity index (χ1v) is 10.4. The SMILES string of the molecule is C[C@]12CC[C@H]3[C@@H](CC=C4C[C@@H](O)CC[C@@]43C)[C@@H]1CC[C@H]2n1cccn1. The van der Waals surface area contributed by atoms with Crippen LogP contribution in [0.2, 0.25) is 0 Å². The van der Waals surface area contributed by atoms with E-state index in [-0.39, 0.29) is 6.10 Å². The van der Waals surface area contributed by atoms with Gasteiger partial charge in [-0.15, -0.1) is 0 Å². The molecule has 1 heterocycles. The van der Waals surface area contributed by atoms with Crippen molar-refractivity contribution in [3.05, 3.63) is 30.1 Å². The van der Waals surface area contributed by atoms with Gasteiger partial charge in [0.1, 0.15) is 0 Å². The molecule has 136 valence electrons. The molecule has 0 aliphatic heterocycles. The van der Waals surface area contributed by atoms with E-state index in [2.05, 4.69) is 42.0 Å². The van der Waals surface area contributed by atoms with E-state index < -0.39 is 0 Å². The van der Waals surface area contributed by atoms with Crippen LogP contribution < -0.4 is 0 Å². The van der Waals surface area contributed by atoms with Crippen molar-refractivity contribution < 1.29 is 5.11 Å². The highest BCUT2D eigenvalue weighted by atomic mass is 16.3. The number of fused-ring (bicyclic) bond motifs is 5. The molecule has 0 unspecified atom stereocenters. The summed E-state index contributed by atoms with van der Waals surface area (Å²) in [6, 6.07) is 2.66. The van der Waals surface area contributed by atoms with Crippen LogP contribution in [0.25, 0.3) is 0 Å². The molecule has 0 aromatic carbocycles. The Morgan fingerprint density at radius 1 is 1.12 bits per heavy atom. The van der Waals surface area contributed by atoms with Crippen LogP contribution in [-0.4, -0.2) is 21.0 Å². The number of nitrogens with zero attached hydrogens (tertiary/aromatic N) is 2. The van der Waals surface area contributed by atoms with Crippen LogP contribution >= 0.6 is 0 Å². The zero-order valence-corrected chi connectivity index (χ0v) is 15.7. The van der Waals surface area contributed by atoms with E-state index in [9.17, 15) is 5.11 Å². The fourth-order valence-electron chi connectivity index (χ4n) is 7.51. The van der Waals surface area contributed by atoms with Crippen LogP contribution in [0.5, 0.6) is 0 Å². The van der Waals surface area contributed by atoms with E-state index in [1.165, 1.54) is 38.5 Å². The van der Waals surface area contributed by atoms with Crippen molar-refractivity contribution in [1.82, 2.24) is 9.78 Å². The normalized spacial score (nSPS) is 49.1. The smallest absolute Gasteiger partial charge is 0.0577 e. The van der Waals surface area contributed by atoms with Crippen molar-refractivity contribution in [2.45, 2.75) is 77.4 Å². The van der Waals surface area contributed by atoms with Gasteiger partial charge in [0.05, 0.1) is 12.1 Å². The number of aliphatic hydroxyl groups is 1. The maximum Gasteiger partial charge on any atom is 0.0577 e. The van der Waals surface area contributed by atoms with Gasteiger partial charge < -0.3 is 5.11 Å².